The number of carbonyl (C=O) groups is 3. The van der Waals surface area contributed by atoms with Crippen LogP contribution in [0.1, 0.15) is 170 Å². The number of ether oxygens (including phenoxy) is 4. The van der Waals surface area contributed by atoms with Crippen LogP contribution < -0.4 is 9.47 Å². The second kappa shape index (κ2) is 27.6. The predicted molar refractivity (Wildman–Crippen MR) is 218 cm³/mol. The van der Waals surface area contributed by atoms with Gasteiger partial charge < -0.3 is 18.9 Å². The Morgan fingerprint density at radius 2 is 0.815 bits per heavy atom. The molecule has 0 aliphatic rings. The molecule has 3 rings (SSSR count). The number of benzene rings is 3. The van der Waals surface area contributed by atoms with E-state index in [0.29, 0.717) is 35.8 Å². The fraction of sp³-hybridized carbons (Fsp3) is 0.553. The molecule has 0 fully saturated rings. The molecule has 0 aliphatic heterocycles. The minimum Gasteiger partial charge on any atom is -0.462 e. The normalized spacial score (nSPS) is 11.6. The maximum atomic E-state index is 12.8. The van der Waals surface area contributed by atoms with E-state index in [1.807, 2.05) is 24.3 Å². The molecule has 0 unspecified atom stereocenters. The van der Waals surface area contributed by atoms with Gasteiger partial charge in [-0.25, -0.2) is 14.4 Å². The average Bonchev–Trinajstić information content (AvgIpc) is 3.19. The van der Waals surface area contributed by atoms with Gasteiger partial charge in [-0.2, -0.15) is 0 Å². The molecule has 0 radical (unpaired) electrons. The Hall–Kier alpha value is -3.97. The van der Waals surface area contributed by atoms with Crippen molar-refractivity contribution in [2.24, 2.45) is 0 Å². The van der Waals surface area contributed by atoms with Crippen molar-refractivity contribution in [1.82, 2.24) is 0 Å². The van der Waals surface area contributed by atoms with Crippen molar-refractivity contribution in [2.75, 3.05) is 13.2 Å². The summed E-state index contributed by atoms with van der Waals surface area (Å²) in [4.78, 5) is 37.8. The summed E-state index contributed by atoms with van der Waals surface area (Å²) in [5.74, 6) is -0.547. The van der Waals surface area contributed by atoms with E-state index in [9.17, 15) is 14.4 Å². The summed E-state index contributed by atoms with van der Waals surface area (Å²) in [5.41, 5.74) is 2.72. The number of hydrogen-bond donors (Lipinski definition) is 0. The zero-order chi connectivity index (χ0) is 38.6. The van der Waals surface area contributed by atoms with Gasteiger partial charge in [-0.05, 0) is 79.4 Å². The quantitative estimate of drug-likeness (QED) is 0.0397. The van der Waals surface area contributed by atoms with Gasteiger partial charge >= 0.3 is 17.9 Å². The highest BCUT2D eigenvalue weighted by Crippen LogP contribution is 2.24. The Morgan fingerprint density at radius 3 is 1.31 bits per heavy atom. The molecule has 7 nitrogen and oxygen atoms in total. The molecule has 0 aliphatic carbocycles. The van der Waals surface area contributed by atoms with E-state index in [4.69, 9.17) is 18.9 Å². The lowest BCUT2D eigenvalue weighted by molar-refractivity contribution is -0.146. The van der Waals surface area contributed by atoms with Crippen LogP contribution in [0.15, 0.2) is 72.8 Å². The lowest BCUT2D eigenvalue weighted by Gasteiger charge is -2.13. The molecule has 0 spiro atoms. The summed E-state index contributed by atoms with van der Waals surface area (Å²) in [6.45, 7) is 7.16. The smallest absolute Gasteiger partial charge is 0.343 e. The van der Waals surface area contributed by atoms with Crippen LogP contribution in [0.25, 0.3) is 11.1 Å². The molecule has 0 N–H and O–H groups in total. The van der Waals surface area contributed by atoms with E-state index < -0.39 is 18.0 Å². The third kappa shape index (κ3) is 18.4. The largest absolute Gasteiger partial charge is 0.462 e. The number of carbonyl (C=O) groups excluding carboxylic acids is 3. The lowest BCUT2D eigenvalue weighted by atomic mass is 10.0. The lowest BCUT2D eigenvalue weighted by Crippen LogP contribution is -2.26. The third-order valence-electron chi connectivity index (χ3n) is 9.76. The maximum absolute atomic E-state index is 12.8. The van der Waals surface area contributed by atoms with Crippen LogP contribution in [0.4, 0.5) is 0 Å². The van der Waals surface area contributed by atoms with Gasteiger partial charge in [-0.1, -0.05) is 154 Å². The SMILES string of the molecule is CCCCCCCCCCCCOC(=O)c1ccc(-c2ccc(OC(=O)c3ccc(OC(=O)[C@H](C)OCCCCCCCCCCCC)cc3)cc2)cc1. The van der Waals surface area contributed by atoms with Crippen molar-refractivity contribution < 1.29 is 33.3 Å². The van der Waals surface area contributed by atoms with Crippen molar-refractivity contribution in [2.45, 2.75) is 155 Å². The summed E-state index contributed by atoms with van der Waals surface area (Å²) in [6, 6.07) is 20.8. The molecule has 0 bridgehead atoms. The topological polar surface area (TPSA) is 88.1 Å². The average molecular weight is 743 g/mol. The van der Waals surface area contributed by atoms with E-state index in [0.717, 1.165) is 36.8 Å². The number of esters is 3. The molecule has 54 heavy (non-hydrogen) atoms. The van der Waals surface area contributed by atoms with Crippen LogP contribution in [0.2, 0.25) is 0 Å². The van der Waals surface area contributed by atoms with Crippen LogP contribution in [0.3, 0.4) is 0 Å². The number of hydrogen-bond acceptors (Lipinski definition) is 7. The number of unbranched alkanes of at least 4 members (excludes halogenated alkanes) is 18. The zero-order valence-corrected chi connectivity index (χ0v) is 33.4. The molecule has 0 saturated heterocycles. The summed E-state index contributed by atoms with van der Waals surface area (Å²) in [5, 5.41) is 0. The predicted octanol–water partition coefficient (Wildman–Crippen LogP) is 12.9. The van der Waals surface area contributed by atoms with Crippen LogP contribution in [0, 0.1) is 0 Å². The van der Waals surface area contributed by atoms with Crippen molar-refractivity contribution in [3.05, 3.63) is 83.9 Å². The Labute approximate surface area is 325 Å². The molecule has 0 aromatic heterocycles. The Kier molecular flexibility index (Phi) is 22.7. The van der Waals surface area contributed by atoms with Gasteiger partial charge in [0.2, 0.25) is 0 Å². The summed E-state index contributed by atoms with van der Waals surface area (Å²) in [7, 11) is 0. The molecule has 1 atom stereocenters. The highest BCUT2D eigenvalue weighted by Gasteiger charge is 2.17. The van der Waals surface area contributed by atoms with Gasteiger partial charge in [0.05, 0.1) is 17.7 Å². The minimum absolute atomic E-state index is 0.302. The molecule has 7 heteroatoms. The highest BCUT2D eigenvalue weighted by molar-refractivity contribution is 5.91. The standard InChI is InChI=1S/C47H66O7/c1-4-6-8-10-12-14-16-18-20-22-36-51-38(3)45(48)53-43-34-30-42(31-35-43)47(50)54-44-32-28-40(29-33-44)39-24-26-41(27-25-39)46(49)52-37-23-21-19-17-15-13-11-9-7-5-2/h24-35,38H,4-23,36-37H2,1-3H3/t38-/m0/s1. The Bertz CT molecular complexity index is 1450. The molecular formula is C47H66O7. The van der Waals surface area contributed by atoms with E-state index in [-0.39, 0.29) is 5.97 Å². The van der Waals surface area contributed by atoms with Crippen LogP contribution >= 0.6 is 0 Å². The van der Waals surface area contributed by atoms with E-state index in [1.165, 1.54) is 103 Å². The molecule has 296 valence electrons. The Balaban J connectivity index is 1.31. The van der Waals surface area contributed by atoms with Gasteiger partial charge in [0.15, 0.2) is 6.10 Å². The summed E-state index contributed by atoms with van der Waals surface area (Å²) >= 11 is 0. The van der Waals surface area contributed by atoms with Crippen molar-refractivity contribution >= 4 is 17.9 Å². The molecular weight excluding hydrogens is 677 g/mol. The highest BCUT2D eigenvalue weighted by atomic mass is 16.6. The zero-order valence-electron chi connectivity index (χ0n) is 33.4. The van der Waals surface area contributed by atoms with Crippen molar-refractivity contribution in [3.8, 4) is 22.6 Å². The second-order valence-corrected chi connectivity index (χ2v) is 14.4. The van der Waals surface area contributed by atoms with E-state index >= 15 is 0 Å². The monoisotopic (exact) mass is 742 g/mol. The molecule has 0 saturated carbocycles. The first kappa shape index (κ1) is 44.4. The third-order valence-corrected chi connectivity index (χ3v) is 9.76. The number of rotatable bonds is 29. The molecule has 0 heterocycles. The van der Waals surface area contributed by atoms with Crippen LogP contribution in [-0.4, -0.2) is 37.2 Å². The van der Waals surface area contributed by atoms with Gasteiger partial charge in [-0.3, -0.25) is 0 Å². The molecule has 3 aromatic carbocycles. The van der Waals surface area contributed by atoms with Gasteiger partial charge in [0.1, 0.15) is 11.5 Å². The van der Waals surface area contributed by atoms with Crippen molar-refractivity contribution in [1.29, 1.82) is 0 Å². The maximum Gasteiger partial charge on any atom is 0.343 e. The molecule has 0 amide bonds. The fourth-order valence-corrected chi connectivity index (χ4v) is 6.29. The van der Waals surface area contributed by atoms with Crippen LogP contribution in [0.5, 0.6) is 11.5 Å². The van der Waals surface area contributed by atoms with Crippen molar-refractivity contribution in [3.63, 3.8) is 0 Å². The van der Waals surface area contributed by atoms with E-state index in [2.05, 4.69) is 13.8 Å². The first-order valence-electron chi connectivity index (χ1n) is 20.9. The van der Waals surface area contributed by atoms with E-state index in [1.54, 1.807) is 55.5 Å². The minimum atomic E-state index is -0.672. The van der Waals surface area contributed by atoms with Gasteiger partial charge in [0, 0.05) is 6.61 Å². The summed E-state index contributed by atoms with van der Waals surface area (Å²) < 4.78 is 22.2. The molecule has 3 aromatic rings. The first-order valence-corrected chi connectivity index (χ1v) is 20.9. The first-order chi connectivity index (χ1) is 26.4. The van der Waals surface area contributed by atoms with Gasteiger partial charge in [-0.15, -0.1) is 0 Å². The Morgan fingerprint density at radius 1 is 0.444 bits per heavy atom. The second-order valence-electron chi connectivity index (χ2n) is 14.4. The van der Waals surface area contributed by atoms with Crippen LogP contribution in [-0.2, 0) is 14.3 Å². The van der Waals surface area contributed by atoms with Gasteiger partial charge in [0.25, 0.3) is 0 Å². The summed E-state index contributed by atoms with van der Waals surface area (Å²) in [6.07, 6.45) is 24.2. The fourth-order valence-electron chi connectivity index (χ4n) is 6.29.